The van der Waals surface area contributed by atoms with Gasteiger partial charge in [-0.2, -0.15) is 0 Å². The molecule has 0 aliphatic heterocycles. The van der Waals surface area contributed by atoms with Crippen LogP contribution in [0.4, 0.5) is 0 Å². The molecule has 278 valence electrons. The summed E-state index contributed by atoms with van der Waals surface area (Å²) in [5.41, 5.74) is 0. The first-order chi connectivity index (χ1) is 22.8. The number of carbonyl (C=O) groups is 2. The molecule has 0 radical (unpaired) electrons. The van der Waals surface area contributed by atoms with Crippen LogP contribution in [-0.4, -0.2) is 41.0 Å². The second-order valence-electron chi connectivity index (χ2n) is 13.3. The van der Waals surface area contributed by atoms with E-state index in [0.29, 0.717) is 6.42 Å². The first-order valence-corrected chi connectivity index (χ1v) is 21.0. The highest BCUT2D eigenvalue weighted by Crippen LogP contribution is 2.36. The first kappa shape index (κ1) is 45.8. The van der Waals surface area contributed by atoms with Crippen LogP contribution in [0.15, 0.2) is 12.2 Å². The average molecular weight is 689 g/mol. The Labute approximate surface area is 288 Å². The van der Waals surface area contributed by atoms with Crippen LogP contribution in [-0.2, 0) is 28.2 Å². The minimum atomic E-state index is -4.75. The quantitative estimate of drug-likeness (QED) is 0.0289. The van der Waals surface area contributed by atoms with E-state index in [-0.39, 0.29) is 19.4 Å². The zero-order chi connectivity index (χ0) is 34.7. The van der Waals surface area contributed by atoms with Gasteiger partial charge in [-0.15, -0.1) is 0 Å². The number of unbranched alkanes of at least 4 members (excludes halogenated alkanes) is 24. The summed E-state index contributed by atoms with van der Waals surface area (Å²) in [6, 6.07) is 0. The molecule has 0 aromatic heterocycles. The van der Waals surface area contributed by atoms with E-state index in [4.69, 9.17) is 19.3 Å². The van der Waals surface area contributed by atoms with Crippen molar-refractivity contribution in [2.45, 2.75) is 206 Å². The lowest BCUT2D eigenvalue weighted by atomic mass is 10.0. The van der Waals surface area contributed by atoms with Crippen LogP contribution >= 0.6 is 7.82 Å². The van der Waals surface area contributed by atoms with Gasteiger partial charge in [-0.25, -0.2) is 4.57 Å². The summed E-state index contributed by atoms with van der Waals surface area (Å²) in [7, 11) is -4.75. The monoisotopic (exact) mass is 689 g/mol. The van der Waals surface area contributed by atoms with E-state index < -0.39 is 32.5 Å². The molecule has 0 rings (SSSR count). The topological polar surface area (TPSA) is 119 Å². The van der Waals surface area contributed by atoms with Gasteiger partial charge in [0.25, 0.3) is 0 Å². The fraction of sp³-hybridized carbons (Fsp3) is 0.895. The average Bonchev–Trinajstić information content (AvgIpc) is 3.03. The van der Waals surface area contributed by atoms with E-state index in [0.717, 1.165) is 57.8 Å². The van der Waals surface area contributed by atoms with Crippen molar-refractivity contribution >= 4 is 19.8 Å². The molecule has 0 saturated carbocycles. The Bertz CT molecular complexity index is 782. The number of esters is 2. The Morgan fingerprint density at radius 3 is 1.30 bits per heavy atom. The lowest BCUT2D eigenvalue weighted by molar-refractivity contribution is -0.161. The Morgan fingerprint density at radius 1 is 0.532 bits per heavy atom. The fourth-order valence-electron chi connectivity index (χ4n) is 5.60. The van der Waals surface area contributed by atoms with Gasteiger partial charge in [-0.05, 0) is 38.5 Å². The standard InChI is InChI=1S/C38H73O8P/c1-3-5-7-9-11-13-15-17-19-21-23-25-27-29-31-33-38(40)46-36(35-45-47(41,42)43)34-44-37(39)32-30-28-26-24-22-20-18-16-14-12-10-8-6-4-2/h16,18,36H,3-15,17,19-35H2,1-2H3,(H2,41,42,43)/b18-16+/t36-/m1/s1. The maximum absolute atomic E-state index is 12.4. The SMILES string of the molecule is CCCCCCC/C=C/CCCCCCCC(=O)OC[C@H](COP(=O)(O)O)OC(=O)CCCCCCCCCCCCCCCCC. The molecule has 0 aliphatic carbocycles. The second kappa shape index (κ2) is 34.6. The number of ether oxygens (including phenoxy) is 2. The molecule has 0 fully saturated rings. The minimum absolute atomic E-state index is 0.216. The van der Waals surface area contributed by atoms with Crippen molar-refractivity contribution in [1.29, 1.82) is 0 Å². The molecular formula is C38H73O8P. The van der Waals surface area contributed by atoms with Crippen LogP contribution in [0.3, 0.4) is 0 Å². The second-order valence-corrected chi connectivity index (χ2v) is 14.5. The summed E-state index contributed by atoms with van der Waals surface area (Å²) in [5, 5.41) is 0. The zero-order valence-corrected chi connectivity index (χ0v) is 31.3. The smallest absolute Gasteiger partial charge is 0.462 e. The Kier molecular flexibility index (Phi) is 33.8. The lowest BCUT2D eigenvalue weighted by Crippen LogP contribution is -2.29. The largest absolute Gasteiger partial charge is 0.469 e. The van der Waals surface area contributed by atoms with Gasteiger partial charge in [0, 0.05) is 12.8 Å². The van der Waals surface area contributed by atoms with Crippen molar-refractivity contribution in [1.82, 2.24) is 0 Å². The summed E-state index contributed by atoms with van der Waals surface area (Å²) in [5.74, 6) is -0.886. The van der Waals surface area contributed by atoms with Gasteiger partial charge in [-0.3, -0.25) is 14.1 Å². The molecule has 0 heterocycles. The van der Waals surface area contributed by atoms with Gasteiger partial charge in [0.2, 0.25) is 0 Å². The highest BCUT2D eigenvalue weighted by molar-refractivity contribution is 7.46. The van der Waals surface area contributed by atoms with Gasteiger partial charge >= 0.3 is 19.8 Å². The van der Waals surface area contributed by atoms with Crippen molar-refractivity contribution < 1.29 is 37.9 Å². The summed E-state index contributed by atoms with van der Waals surface area (Å²) in [6.07, 6.45) is 36.4. The molecule has 0 unspecified atom stereocenters. The summed E-state index contributed by atoms with van der Waals surface area (Å²) >= 11 is 0. The van der Waals surface area contributed by atoms with Crippen molar-refractivity contribution in [3.63, 3.8) is 0 Å². The molecule has 0 aromatic carbocycles. The number of hydrogen-bond donors (Lipinski definition) is 2. The first-order valence-electron chi connectivity index (χ1n) is 19.5. The predicted octanol–water partition coefficient (Wildman–Crippen LogP) is 11.5. The lowest BCUT2D eigenvalue weighted by Gasteiger charge is -2.18. The van der Waals surface area contributed by atoms with E-state index >= 15 is 0 Å². The molecule has 2 N–H and O–H groups in total. The van der Waals surface area contributed by atoms with Crippen LogP contribution in [0.2, 0.25) is 0 Å². The predicted molar refractivity (Wildman–Crippen MR) is 193 cm³/mol. The molecular weight excluding hydrogens is 615 g/mol. The van der Waals surface area contributed by atoms with Crippen LogP contribution < -0.4 is 0 Å². The van der Waals surface area contributed by atoms with Crippen molar-refractivity contribution in [2.24, 2.45) is 0 Å². The number of rotatable bonds is 36. The van der Waals surface area contributed by atoms with Gasteiger partial charge in [0.1, 0.15) is 6.61 Å². The molecule has 0 amide bonds. The van der Waals surface area contributed by atoms with E-state index in [1.807, 2.05) is 0 Å². The van der Waals surface area contributed by atoms with E-state index in [2.05, 4.69) is 30.5 Å². The van der Waals surface area contributed by atoms with E-state index in [9.17, 15) is 14.2 Å². The molecule has 0 bridgehead atoms. The fourth-order valence-corrected chi connectivity index (χ4v) is 5.96. The minimum Gasteiger partial charge on any atom is -0.462 e. The third kappa shape index (κ3) is 37.5. The summed E-state index contributed by atoms with van der Waals surface area (Å²) in [4.78, 5) is 42.7. The Hall–Kier alpha value is -1.21. The normalized spacial score (nSPS) is 12.5. The van der Waals surface area contributed by atoms with Gasteiger partial charge in [0.05, 0.1) is 6.61 Å². The van der Waals surface area contributed by atoms with Crippen molar-refractivity contribution in [3.8, 4) is 0 Å². The van der Waals surface area contributed by atoms with Crippen molar-refractivity contribution in [2.75, 3.05) is 13.2 Å². The molecule has 8 nitrogen and oxygen atoms in total. The van der Waals surface area contributed by atoms with Gasteiger partial charge in [0.15, 0.2) is 6.10 Å². The Morgan fingerprint density at radius 2 is 0.894 bits per heavy atom. The molecule has 0 saturated heterocycles. The van der Waals surface area contributed by atoms with Crippen LogP contribution in [0.5, 0.6) is 0 Å². The number of carbonyl (C=O) groups excluding carboxylic acids is 2. The highest BCUT2D eigenvalue weighted by atomic mass is 31.2. The third-order valence-corrected chi connectivity index (χ3v) is 9.02. The summed E-state index contributed by atoms with van der Waals surface area (Å²) in [6.45, 7) is 3.68. The molecule has 47 heavy (non-hydrogen) atoms. The molecule has 0 aliphatic rings. The van der Waals surface area contributed by atoms with Gasteiger partial charge < -0.3 is 19.3 Å². The van der Waals surface area contributed by atoms with E-state index in [1.54, 1.807) is 0 Å². The summed E-state index contributed by atoms with van der Waals surface area (Å²) < 4.78 is 26.3. The molecule has 9 heteroatoms. The van der Waals surface area contributed by atoms with Crippen LogP contribution in [0.25, 0.3) is 0 Å². The maximum Gasteiger partial charge on any atom is 0.469 e. The highest BCUT2D eigenvalue weighted by Gasteiger charge is 2.22. The number of hydrogen-bond acceptors (Lipinski definition) is 6. The molecule has 0 aromatic rings. The Balaban J connectivity index is 3.93. The van der Waals surface area contributed by atoms with E-state index in [1.165, 1.54) is 109 Å². The number of allylic oxidation sites excluding steroid dienone is 2. The number of phosphoric acid groups is 1. The zero-order valence-electron chi connectivity index (χ0n) is 30.4. The maximum atomic E-state index is 12.4. The molecule has 1 atom stereocenters. The van der Waals surface area contributed by atoms with Crippen molar-refractivity contribution in [3.05, 3.63) is 12.2 Å². The number of phosphoric ester groups is 1. The van der Waals surface area contributed by atoms with Gasteiger partial charge in [-0.1, -0.05) is 161 Å². The molecule has 0 spiro atoms. The third-order valence-electron chi connectivity index (χ3n) is 8.53. The van der Waals surface area contributed by atoms with Crippen LogP contribution in [0, 0.1) is 0 Å². The van der Waals surface area contributed by atoms with Crippen LogP contribution in [0.1, 0.15) is 200 Å².